The van der Waals surface area contributed by atoms with Crippen molar-refractivity contribution in [3.8, 4) is 5.75 Å². The van der Waals surface area contributed by atoms with Crippen LogP contribution in [0.2, 0.25) is 0 Å². The highest BCUT2D eigenvalue weighted by Crippen LogP contribution is 2.34. The summed E-state index contributed by atoms with van der Waals surface area (Å²) in [5, 5.41) is 9.21. The van der Waals surface area contributed by atoms with Gasteiger partial charge in [-0.1, -0.05) is 12.1 Å². The van der Waals surface area contributed by atoms with Gasteiger partial charge in [-0.25, -0.2) is 0 Å². The Bertz CT molecular complexity index is 468. The van der Waals surface area contributed by atoms with Crippen LogP contribution in [-0.4, -0.2) is 17.7 Å². The summed E-state index contributed by atoms with van der Waals surface area (Å²) < 4.78 is 5.53. The van der Waals surface area contributed by atoms with E-state index in [0.717, 1.165) is 36.3 Å². The summed E-state index contributed by atoms with van der Waals surface area (Å²) in [7, 11) is 0. The number of hydrogen-bond donors (Lipinski definition) is 2. The number of fused-ring (bicyclic) bond motifs is 1. The Morgan fingerprint density at radius 2 is 2.22 bits per heavy atom. The Morgan fingerprint density at radius 3 is 2.89 bits per heavy atom. The zero-order valence-electron chi connectivity index (χ0n) is 10.8. The predicted molar refractivity (Wildman–Crippen MR) is 68.6 cm³/mol. The SMILES string of the molecule is CC(C)(C(=O)O)C(N)c1ccc2c(c1)CCCO2. The third-order valence-corrected chi connectivity index (χ3v) is 3.62. The molecule has 1 unspecified atom stereocenters. The number of aliphatic carboxylic acids is 1. The molecule has 0 aromatic heterocycles. The molecule has 4 heteroatoms. The van der Waals surface area contributed by atoms with E-state index < -0.39 is 17.4 Å². The van der Waals surface area contributed by atoms with Gasteiger partial charge in [0.1, 0.15) is 5.75 Å². The molecule has 3 N–H and O–H groups in total. The van der Waals surface area contributed by atoms with Crippen molar-refractivity contribution in [3.63, 3.8) is 0 Å². The molecule has 1 atom stereocenters. The van der Waals surface area contributed by atoms with Gasteiger partial charge in [0.15, 0.2) is 0 Å². The molecule has 0 bridgehead atoms. The number of nitrogens with two attached hydrogens (primary N) is 1. The summed E-state index contributed by atoms with van der Waals surface area (Å²) in [6.45, 7) is 4.05. The van der Waals surface area contributed by atoms with Crippen LogP contribution >= 0.6 is 0 Å². The first kappa shape index (κ1) is 12.9. The number of benzene rings is 1. The predicted octanol–water partition coefficient (Wildman–Crippen LogP) is 2.12. The lowest BCUT2D eigenvalue weighted by atomic mass is 9.80. The second-order valence-electron chi connectivity index (χ2n) is 5.32. The van der Waals surface area contributed by atoms with Gasteiger partial charge < -0.3 is 15.6 Å². The monoisotopic (exact) mass is 249 g/mol. The van der Waals surface area contributed by atoms with E-state index in [0.29, 0.717) is 0 Å². The number of carbonyl (C=O) groups is 1. The van der Waals surface area contributed by atoms with E-state index in [1.807, 2.05) is 18.2 Å². The van der Waals surface area contributed by atoms with Crippen LogP contribution in [-0.2, 0) is 11.2 Å². The number of ether oxygens (including phenoxy) is 1. The van der Waals surface area contributed by atoms with Gasteiger partial charge >= 0.3 is 5.97 Å². The van der Waals surface area contributed by atoms with Gasteiger partial charge in [-0.15, -0.1) is 0 Å². The van der Waals surface area contributed by atoms with Crippen molar-refractivity contribution < 1.29 is 14.6 Å². The average Bonchev–Trinajstić information content (AvgIpc) is 2.37. The van der Waals surface area contributed by atoms with Crippen molar-refractivity contribution in [1.29, 1.82) is 0 Å². The number of hydrogen-bond acceptors (Lipinski definition) is 3. The summed E-state index contributed by atoms with van der Waals surface area (Å²) in [6.07, 6.45) is 1.96. The molecule has 0 saturated carbocycles. The van der Waals surface area contributed by atoms with Crippen LogP contribution in [0.15, 0.2) is 18.2 Å². The van der Waals surface area contributed by atoms with Gasteiger partial charge in [-0.3, -0.25) is 4.79 Å². The molecule has 1 aromatic carbocycles. The molecule has 18 heavy (non-hydrogen) atoms. The van der Waals surface area contributed by atoms with Gasteiger partial charge in [0, 0.05) is 6.04 Å². The van der Waals surface area contributed by atoms with Gasteiger partial charge in [-0.2, -0.15) is 0 Å². The first-order valence-electron chi connectivity index (χ1n) is 6.17. The van der Waals surface area contributed by atoms with Crippen LogP contribution in [0, 0.1) is 5.41 Å². The van der Waals surface area contributed by atoms with Crippen LogP contribution in [0.3, 0.4) is 0 Å². The Morgan fingerprint density at radius 1 is 1.50 bits per heavy atom. The molecular weight excluding hydrogens is 230 g/mol. The maximum absolute atomic E-state index is 11.2. The highest BCUT2D eigenvalue weighted by Gasteiger charge is 2.35. The maximum Gasteiger partial charge on any atom is 0.311 e. The van der Waals surface area contributed by atoms with E-state index in [2.05, 4.69) is 0 Å². The van der Waals surface area contributed by atoms with Gasteiger partial charge in [0.2, 0.25) is 0 Å². The van der Waals surface area contributed by atoms with Crippen LogP contribution in [0.25, 0.3) is 0 Å². The summed E-state index contributed by atoms with van der Waals surface area (Å²) >= 11 is 0. The standard InChI is InChI=1S/C14H19NO3/c1-14(2,13(16)17)12(15)10-5-6-11-9(8-10)4-3-7-18-11/h5-6,8,12H,3-4,7,15H2,1-2H3,(H,16,17). The Balaban J connectivity index is 2.31. The molecule has 0 fully saturated rings. The molecular formula is C14H19NO3. The van der Waals surface area contributed by atoms with Gasteiger partial charge in [0.05, 0.1) is 12.0 Å². The molecule has 0 radical (unpaired) electrons. The highest BCUT2D eigenvalue weighted by atomic mass is 16.5. The lowest BCUT2D eigenvalue weighted by Crippen LogP contribution is -2.36. The Hall–Kier alpha value is -1.55. The van der Waals surface area contributed by atoms with Gasteiger partial charge in [-0.05, 0) is 43.9 Å². The summed E-state index contributed by atoms with van der Waals surface area (Å²) in [5.41, 5.74) is 7.08. The minimum atomic E-state index is -0.982. The van der Waals surface area contributed by atoms with Crippen molar-refractivity contribution in [3.05, 3.63) is 29.3 Å². The molecule has 98 valence electrons. The van der Waals surface area contributed by atoms with Crippen molar-refractivity contribution in [2.45, 2.75) is 32.7 Å². The minimum Gasteiger partial charge on any atom is -0.493 e. The number of aryl methyl sites for hydroxylation is 1. The van der Waals surface area contributed by atoms with E-state index in [1.165, 1.54) is 0 Å². The zero-order chi connectivity index (χ0) is 13.3. The first-order valence-corrected chi connectivity index (χ1v) is 6.17. The van der Waals surface area contributed by atoms with Crippen molar-refractivity contribution in [1.82, 2.24) is 0 Å². The summed E-state index contributed by atoms with van der Waals surface area (Å²) in [5.74, 6) is 0.00861. The molecule has 1 heterocycles. The number of carboxylic acid groups (broad SMARTS) is 1. The molecule has 0 saturated heterocycles. The van der Waals surface area contributed by atoms with Crippen molar-refractivity contribution in [2.24, 2.45) is 11.1 Å². The van der Waals surface area contributed by atoms with E-state index in [1.54, 1.807) is 13.8 Å². The molecule has 0 amide bonds. The summed E-state index contributed by atoms with van der Waals surface area (Å²) in [6, 6.07) is 5.20. The van der Waals surface area contributed by atoms with Crippen LogP contribution in [0.1, 0.15) is 37.4 Å². The largest absolute Gasteiger partial charge is 0.493 e. The van der Waals surface area contributed by atoms with Crippen molar-refractivity contribution in [2.75, 3.05) is 6.61 Å². The number of rotatable bonds is 3. The molecule has 1 aromatic rings. The van der Waals surface area contributed by atoms with Crippen LogP contribution < -0.4 is 10.5 Å². The number of carboxylic acids is 1. The quantitative estimate of drug-likeness (QED) is 0.860. The maximum atomic E-state index is 11.2. The second kappa shape index (κ2) is 4.61. The van der Waals surface area contributed by atoms with E-state index in [9.17, 15) is 9.90 Å². The third-order valence-electron chi connectivity index (χ3n) is 3.62. The van der Waals surface area contributed by atoms with E-state index >= 15 is 0 Å². The zero-order valence-corrected chi connectivity index (χ0v) is 10.8. The Kier molecular flexibility index (Phi) is 3.30. The van der Waals surface area contributed by atoms with E-state index in [4.69, 9.17) is 10.5 Å². The smallest absolute Gasteiger partial charge is 0.311 e. The molecule has 1 aliphatic heterocycles. The molecule has 0 aliphatic carbocycles. The minimum absolute atomic E-state index is 0.526. The fourth-order valence-electron chi connectivity index (χ4n) is 2.12. The van der Waals surface area contributed by atoms with E-state index in [-0.39, 0.29) is 0 Å². The normalized spacial score (nSPS) is 16.6. The molecule has 2 rings (SSSR count). The highest BCUT2D eigenvalue weighted by molar-refractivity contribution is 5.75. The molecule has 0 spiro atoms. The second-order valence-corrected chi connectivity index (χ2v) is 5.32. The van der Waals surface area contributed by atoms with Crippen molar-refractivity contribution >= 4 is 5.97 Å². The molecule has 1 aliphatic rings. The first-order chi connectivity index (χ1) is 8.43. The van der Waals surface area contributed by atoms with Crippen LogP contribution in [0.5, 0.6) is 5.75 Å². The Labute approximate surface area is 107 Å². The lowest BCUT2D eigenvalue weighted by molar-refractivity contribution is -0.148. The molecule has 4 nitrogen and oxygen atoms in total. The lowest BCUT2D eigenvalue weighted by Gasteiger charge is -2.28. The topological polar surface area (TPSA) is 72.5 Å². The average molecular weight is 249 g/mol. The third kappa shape index (κ3) is 2.20. The van der Waals surface area contributed by atoms with Crippen LogP contribution in [0.4, 0.5) is 0 Å². The fraction of sp³-hybridized carbons (Fsp3) is 0.500. The van der Waals surface area contributed by atoms with Gasteiger partial charge in [0.25, 0.3) is 0 Å². The summed E-state index contributed by atoms with van der Waals surface area (Å²) in [4.78, 5) is 11.2. The fourth-order valence-corrected chi connectivity index (χ4v) is 2.12.